The Morgan fingerprint density at radius 3 is 2.88 bits per heavy atom. The lowest BCUT2D eigenvalue weighted by Crippen LogP contribution is -2.65. The van der Waals surface area contributed by atoms with Gasteiger partial charge in [0.2, 0.25) is 5.89 Å². The van der Waals surface area contributed by atoms with E-state index >= 15 is 0 Å². The fraction of sp³-hybridized carbons (Fsp3) is 0.474. The molecule has 1 saturated carbocycles. The molecule has 1 aromatic heterocycles. The van der Waals surface area contributed by atoms with Gasteiger partial charge in [-0.05, 0) is 25.0 Å². The highest BCUT2D eigenvalue weighted by Crippen LogP contribution is 2.53. The molecule has 3 atom stereocenters. The van der Waals surface area contributed by atoms with E-state index in [-0.39, 0.29) is 29.2 Å². The number of carbonyl (C=O) groups is 1. The van der Waals surface area contributed by atoms with Crippen LogP contribution in [0.5, 0.6) is 0 Å². The number of carbonyl (C=O) groups excluding carboxylic acids is 1. The van der Waals surface area contributed by atoms with Gasteiger partial charge in [-0.3, -0.25) is 0 Å². The minimum atomic E-state index is -0.428. The van der Waals surface area contributed by atoms with E-state index < -0.39 is 5.97 Å². The number of hydrogen-bond donors (Lipinski definition) is 0. The molecule has 0 radical (unpaired) electrons. The van der Waals surface area contributed by atoms with Gasteiger partial charge in [-0.15, -0.1) is 0 Å². The number of rotatable bonds is 3. The third kappa shape index (κ3) is 2.44. The van der Waals surface area contributed by atoms with Crippen LogP contribution in [0.2, 0.25) is 0 Å². The summed E-state index contributed by atoms with van der Waals surface area (Å²) in [6.07, 6.45) is 3.48. The molecule has 0 unspecified atom stereocenters. The minimum Gasteiger partial charge on any atom is -0.456 e. The van der Waals surface area contributed by atoms with Crippen molar-refractivity contribution in [2.45, 2.75) is 38.9 Å². The second kappa shape index (κ2) is 5.74. The summed E-state index contributed by atoms with van der Waals surface area (Å²) in [6, 6.07) is 9.50. The molecule has 1 aliphatic carbocycles. The molecule has 126 valence electrons. The van der Waals surface area contributed by atoms with Gasteiger partial charge in [-0.1, -0.05) is 32.0 Å². The Morgan fingerprint density at radius 2 is 2.08 bits per heavy atom. The summed E-state index contributed by atoms with van der Waals surface area (Å²) in [4.78, 5) is 16.7. The van der Waals surface area contributed by atoms with Crippen LogP contribution in [0.15, 0.2) is 41.0 Å². The summed E-state index contributed by atoms with van der Waals surface area (Å²) in [7, 11) is 0. The summed E-state index contributed by atoms with van der Waals surface area (Å²) >= 11 is 0. The number of nitrogens with zero attached hydrogens (tertiary/aromatic N) is 1. The Bertz CT molecular complexity index is 737. The van der Waals surface area contributed by atoms with E-state index in [0.717, 1.165) is 25.0 Å². The highest BCUT2D eigenvalue weighted by atomic mass is 16.6. The number of hydrogen-bond acceptors (Lipinski definition) is 5. The molecule has 0 bridgehead atoms. The molecule has 4 rings (SSSR count). The van der Waals surface area contributed by atoms with Crippen molar-refractivity contribution in [2.75, 3.05) is 6.61 Å². The van der Waals surface area contributed by atoms with E-state index in [0.29, 0.717) is 5.89 Å². The summed E-state index contributed by atoms with van der Waals surface area (Å²) in [5.41, 5.74) is 0.887. The van der Waals surface area contributed by atoms with Gasteiger partial charge in [0.05, 0.1) is 6.10 Å². The molecule has 5 heteroatoms. The minimum absolute atomic E-state index is 0.132. The van der Waals surface area contributed by atoms with Crippen molar-refractivity contribution in [3.63, 3.8) is 0 Å². The third-order valence-electron chi connectivity index (χ3n) is 5.19. The smallest absolute Gasteiger partial charge is 0.360 e. The number of benzene rings is 1. The number of oxazole rings is 1. The predicted molar refractivity (Wildman–Crippen MR) is 87.4 cm³/mol. The zero-order valence-corrected chi connectivity index (χ0v) is 13.9. The van der Waals surface area contributed by atoms with Crippen LogP contribution in [-0.4, -0.2) is 29.8 Å². The number of fused-ring (bicyclic) bond motifs is 1. The SMILES string of the molecule is CC1(C)[C@H](OC(=O)c2coc(-c3ccccc3)n2)[C@H]2CCCO[C@@H]21. The topological polar surface area (TPSA) is 61.6 Å². The van der Waals surface area contributed by atoms with E-state index in [1.807, 2.05) is 30.3 Å². The number of aromatic nitrogens is 1. The van der Waals surface area contributed by atoms with E-state index in [1.54, 1.807) is 0 Å². The highest BCUT2D eigenvalue weighted by Gasteiger charge is 2.60. The average molecular weight is 327 g/mol. The quantitative estimate of drug-likeness (QED) is 0.804. The van der Waals surface area contributed by atoms with Crippen LogP contribution in [0, 0.1) is 11.3 Å². The van der Waals surface area contributed by atoms with Gasteiger partial charge in [-0.25, -0.2) is 9.78 Å². The lowest BCUT2D eigenvalue weighted by Gasteiger charge is -2.58. The van der Waals surface area contributed by atoms with Crippen molar-refractivity contribution in [2.24, 2.45) is 11.3 Å². The summed E-state index contributed by atoms with van der Waals surface area (Å²) < 4.78 is 17.0. The lowest BCUT2D eigenvalue weighted by atomic mass is 9.57. The van der Waals surface area contributed by atoms with Crippen molar-refractivity contribution in [1.82, 2.24) is 4.98 Å². The second-order valence-corrected chi connectivity index (χ2v) is 7.15. The summed E-state index contributed by atoms with van der Waals surface area (Å²) in [5, 5.41) is 0. The van der Waals surface area contributed by atoms with E-state index in [2.05, 4.69) is 18.8 Å². The molecule has 24 heavy (non-hydrogen) atoms. The fourth-order valence-electron chi connectivity index (χ4n) is 3.97. The normalized spacial score (nSPS) is 27.8. The van der Waals surface area contributed by atoms with E-state index in [1.165, 1.54) is 6.26 Å². The molecular formula is C19H21NO4. The molecule has 1 saturated heterocycles. The molecule has 0 N–H and O–H groups in total. The van der Waals surface area contributed by atoms with Crippen molar-refractivity contribution in [1.29, 1.82) is 0 Å². The lowest BCUT2D eigenvalue weighted by molar-refractivity contribution is -0.243. The molecule has 5 nitrogen and oxygen atoms in total. The zero-order valence-electron chi connectivity index (χ0n) is 13.9. The first-order valence-electron chi connectivity index (χ1n) is 8.41. The molecular weight excluding hydrogens is 306 g/mol. The van der Waals surface area contributed by atoms with Crippen molar-refractivity contribution in [3.05, 3.63) is 42.3 Å². The van der Waals surface area contributed by atoms with Crippen LogP contribution in [0.1, 0.15) is 37.2 Å². The number of esters is 1. The molecule has 2 aromatic rings. The van der Waals surface area contributed by atoms with Gasteiger partial charge in [0, 0.05) is 23.5 Å². The Balaban J connectivity index is 1.48. The van der Waals surface area contributed by atoms with Gasteiger partial charge in [0.25, 0.3) is 0 Å². The monoisotopic (exact) mass is 327 g/mol. The summed E-state index contributed by atoms with van der Waals surface area (Å²) in [5.74, 6) is 0.288. The predicted octanol–water partition coefficient (Wildman–Crippen LogP) is 3.70. The Kier molecular flexibility index (Phi) is 3.68. The van der Waals surface area contributed by atoms with Crippen molar-refractivity contribution >= 4 is 5.97 Å². The first kappa shape index (κ1) is 15.4. The molecule has 1 aliphatic heterocycles. The molecule has 2 fully saturated rings. The van der Waals surface area contributed by atoms with Crippen LogP contribution in [0.3, 0.4) is 0 Å². The Labute approximate surface area is 141 Å². The van der Waals surface area contributed by atoms with Crippen LogP contribution in [0.4, 0.5) is 0 Å². The molecule has 0 spiro atoms. The van der Waals surface area contributed by atoms with Gasteiger partial charge < -0.3 is 13.9 Å². The standard InChI is InChI=1S/C19H21NO4/c1-19(2)15-13(9-6-10-22-15)16(19)24-18(21)14-11-23-17(20-14)12-7-4-3-5-8-12/h3-5,7-8,11,13,15-16H,6,9-10H2,1-2H3/t13-,15-,16+/m0/s1. The maximum Gasteiger partial charge on any atom is 0.360 e. The maximum absolute atomic E-state index is 12.5. The first-order valence-corrected chi connectivity index (χ1v) is 8.41. The average Bonchev–Trinajstić information content (AvgIpc) is 3.10. The maximum atomic E-state index is 12.5. The second-order valence-electron chi connectivity index (χ2n) is 7.15. The van der Waals surface area contributed by atoms with Crippen LogP contribution < -0.4 is 0 Å². The fourth-order valence-corrected chi connectivity index (χ4v) is 3.97. The van der Waals surface area contributed by atoms with Crippen molar-refractivity contribution < 1.29 is 18.7 Å². The van der Waals surface area contributed by atoms with Crippen LogP contribution in [-0.2, 0) is 9.47 Å². The van der Waals surface area contributed by atoms with Crippen molar-refractivity contribution in [3.8, 4) is 11.5 Å². The molecule has 2 heterocycles. The molecule has 2 aliphatic rings. The van der Waals surface area contributed by atoms with Gasteiger partial charge in [-0.2, -0.15) is 0 Å². The van der Waals surface area contributed by atoms with E-state index in [4.69, 9.17) is 13.9 Å². The van der Waals surface area contributed by atoms with Crippen LogP contribution >= 0.6 is 0 Å². The van der Waals surface area contributed by atoms with E-state index in [9.17, 15) is 4.79 Å². The van der Waals surface area contributed by atoms with Gasteiger partial charge in [0.15, 0.2) is 5.69 Å². The van der Waals surface area contributed by atoms with Crippen LogP contribution in [0.25, 0.3) is 11.5 Å². The summed E-state index contributed by atoms with van der Waals surface area (Å²) in [6.45, 7) is 4.99. The highest BCUT2D eigenvalue weighted by molar-refractivity contribution is 5.87. The number of ether oxygens (including phenoxy) is 2. The Morgan fingerprint density at radius 1 is 1.29 bits per heavy atom. The molecule has 1 aromatic carbocycles. The largest absolute Gasteiger partial charge is 0.456 e. The molecule has 0 amide bonds. The first-order chi connectivity index (χ1) is 11.6. The zero-order chi connectivity index (χ0) is 16.7. The third-order valence-corrected chi connectivity index (χ3v) is 5.19. The van der Waals surface area contributed by atoms with Gasteiger partial charge >= 0.3 is 5.97 Å². The Hall–Kier alpha value is -2.14. The van der Waals surface area contributed by atoms with Gasteiger partial charge in [0.1, 0.15) is 12.4 Å².